The Kier molecular flexibility index (Phi) is 6.00. The first-order valence-electron chi connectivity index (χ1n) is 8.07. The summed E-state index contributed by atoms with van der Waals surface area (Å²) in [5, 5.41) is 3.19. The minimum absolute atomic E-state index is 0.204. The van der Waals surface area contributed by atoms with Gasteiger partial charge in [-0.15, -0.1) is 0 Å². The van der Waals surface area contributed by atoms with Crippen molar-refractivity contribution in [2.24, 2.45) is 0 Å². The molecule has 2 rings (SSSR count). The second-order valence-corrected chi connectivity index (χ2v) is 6.05. The van der Waals surface area contributed by atoms with E-state index in [1.54, 1.807) is 0 Å². The predicted molar refractivity (Wildman–Crippen MR) is 84.7 cm³/mol. The van der Waals surface area contributed by atoms with Gasteiger partial charge in [0.25, 0.3) is 0 Å². The normalized spacial score (nSPS) is 25.8. The molecule has 21 heavy (non-hydrogen) atoms. The lowest BCUT2D eigenvalue weighted by atomic mass is 10.0. The zero-order valence-electron chi connectivity index (χ0n) is 13.7. The largest absolute Gasteiger partial charge is 0.474 e. The van der Waals surface area contributed by atoms with Crippen LogP contribution in [0.25, 0.3) is 0 Å². The summed E-state index contributed by atoms with van der Waals surface area (Å²) in [5.41, 5.74) is 2.35. The van der Waals surface area contributed by atoms with Gasteiger partial charge in [-0.25, -0.2) is 4.98 Å². The van der Waals surface area contributed by atoms with Gasteiger partial charge in [0.05, 0.1) is 12.2 Å². The summed E-state index contributed by atoms with van der Waals surface area (Å²) in [6, 6.07) is 4.22. The highest BCUT2D eigenvalue weighted by Gasteiger charge is 2.26. The molecular weight excluding hydrogens is 264 g/mol. The van der Waals surface area contributed by atoms with Crippen LogP contribution in [0.4, 0.5) is 0 Å². The standard InChI is InChI=1S/C17H28N2O2/c1-5-6-15-9-14(11-18-4)10-17(19-15)21-16-7-12(2)20-13(3)8-16/h9-10,12-13,16,18H,5-8,11H2,1-4H3. The maximum Gasteiger partial charge on any atom is 0.214 e. The summed E-state index contributed by atoms with van der Waals surface area (Å²) < 4.78 is 11.9. The molecule has 0 spiro atoms. The molecule has 0 amide bonds. The monoisotopic (exact) mass is 292 g/mol. The highest BCUT2D eigenvalue weighted by molar-refractivity contribution is 5.25. The molecule has 0 aromatic carbocycles. The van der Waals surface area contributed by atoms with E-state index in [9.17, 15) is 0 Å². The van der Waals surface area contributed by atoms with Gasteiger partial charge in [0.15, 0.2) is 0 Å². The smallest absolute Gasteiger partial charge is 0.214 e. The van der Waals surface area contributed by atoms with Crippen LogP contribution in [-0.4, -0.2) is 30.3 Å². The van der Waals surface area contributed by atoms with Crippen LogP contribution in [0.5, 0.6) is 5.88 Å². The zero-order chi connectivity index (χ0) is 15.2. The van der Waals surface area contributed by atoms with Gasteiger partial charge >= 0.3 is 0 Å². The fourth-order valence-corrected chi connectivity index (χ4v) is 2.98. The maximum atomic E-state index is 6.15. The first-order chi connectivity index (χ1) is 10.1. The van der Waals surface area contributed by atoms with Crippen molar-refractivity contribution in [3.05, 3.63) is 23.4 Å². The summed E-state index contributed by atoms with van der Waals surface area (Å²) in [6.45, 7) is 7.24. The van der Waals surface area contributed by atoms with Crippen molar-refractivity contribution in [1.82, 2.24) is 10.3 Å². The van der Waals surface area contributed by atoms with Gasteiger partial charge in [-0.3, -0.25) is 0 Å². The number of nitrogens with one attached hydrogen (secondary N) is 1. The Morgan fingerprint density at radius 1 is 1.29 bits per heavy atom. The highest BCUT2D eigenvalue weighted by atomic mass is 16.5. The molecule has 0 saturated carbocycles. The summed E-state index contributed by atoms with van der Waals surface area (Å²) in [4.78, 5) is 4.66. The van der Waals surface area contributed by atoms with E-state index in [-0.39, 0.29) is 18.3 Å². The SMILES string of the molecule is CCCc1cc(CNC)cc(OC2CC(C)OC(C)C2)n1. The van der Waals surface area contributed by atoms with Gasteiger partial charge in [0.2, 0.25) is 5.88 Å². The van der Waals surface area contributed by atoms with E-state index in [4.69, 9.17) is 9.47 Å². The highest BCUT2D eigenvalue weighted by Crippen LogP contribution is 2.24. The third-order valence-electron chi connectivity index (χ3n) is 3.74. The molecule has 1 aromatic heterocycles. The van der Waals surface area contributed by atoms with Crippen LogP contribution in [-0.2, 0) is 17.7 Å². The molecule has 118 valence electrons. The van der Waals surface area contributed by atoms with Crippen LogP contribution < -0.4 is 10.1 Å². The number of hydrogen-bond acceptors (Lipinski definition) is 4. The van der Waals surface area contributed by atoms with Crippen molar-refractivity contribution >= 4 is 0 Å². The van der Waals surface area contributed by atoms with Crippen LogP contribution in [0, 0.1) is 0 Å². The van der Waals surface area contributed by atoms with Gasteiger partial charge in [-0.1, -0.05) is 13.3 Å². The van der Waals surface area contributed by atoms with Crippen LogP contribution in [0.2, 0.25) is 0 Å². The van der Waals surface area contributed by atoms with Crippen molar-refractivity contribution in [3.63, 3.8) is 0 Å². The average molecular weight is 292 g/mol. The van der Waals surface area contributed by atoms with E-state index < -0.39 is 0 Å². The lowest BCUT2D eigenvalue weighted by molar-refractivity contribution is -0.0730. The van der Waals surface area contributed by atoms with Gasteiger partial charge in [0.1, 0.15) is 6.10 Å². The molecule has 4 nitrogen and oxygen atoms in total. The Labute approximate surface area is 128 Å². The number of rotatable bonds is 6. The third-order valence-corrected chi connectivity index (χ3v) is 3.74. The number of hydrogen-bond donors (Lipinski definition) is 1. The Bertz CT molecular complexity index is 416. The van der Waals surface area contributed by atoms with Crippen molar-refractivity contribution in [3.8, 4) is 5.88 Å². The summed E-state index contributed by atoms with van der Waals surface area (Å²) in [6.07, 6.45) is 4.69. The number of aromatic nitrogens is 1. The Hall–Kier alpha value is -1.13. The molecule has 4 heteroatoms. The van der Waals surface area contributed by atoms with Crippen LogP contribution in [0.15, 0.2) is 12.1 Å². The Balaban J connectivity index is 2.10. The van der Waals surface area contributed by atoms with Crippen molar-refractivity contribution in [2.45, 2.75) is 71.3 Å². The Morgan fingerprint density at radius 2 is 2.00 bits per heavy atom. The topological polar surface area (TPSA) is 43.4 Å². The molecular formula is C17H28N2O2. The van der Waals surface area contributed by atoms with Gasteiger partial charge in [0, 0.05) is 31.1 Å². The van der Waals surface area contributed by atoms with Crippen LogP contribution in [0.3, 0.4) is 0 Å². The molecule has 0 aliphatic carbocycles. The van der Waals surface area contributed by atoms with Gasteiger partial charge < -0.3 is 14.8 Å². The van der Waals surface area contributed by atoms with E-state index in [0.717, 1.165) is 43.8 Å². The molecule has 1 N–H and O–H groups in total. The van der Waals surface area contributed by atoms with Gasteiger partial charge in [-0.2, -0.15) is 0 Å². The molecule has 1 aliphatic heterocycles. The Morgan fingerprint density at radius 3 is 2.62 bits per heavy atom. The second kappa shape index (κ2) is 7.76. The molecule has 0 bridgehead atoms. The molecule has 1 aliphatic rings. The fourth-order valence-electron chi connectivity index (χ4n) is 2.98. The maximum absolute atomic E-state index is 6.15. The number of ether oxygens (including phenoxy) is 2. The molecule has 2 atom stereocenters. The molecule has 1 aromatic rings. The summed E-state index contributed by atoms with van der Waals surface area (Å²) >= 11 is 0. The molecule has 2 unspecified atom stereocenters. The van der Waals surface area contributed by atoms with Crippen molar-refractivity contribution in [2.75, 3.05) is 7.05 Å². The lowest BCUT2D eigenvalue weighted by Crippen LogP contribution is -2.35. The van der Waals surface area contributed by atoms with E-state index in [1.807, 2.05) is 7.05 Å². The molecule has 1 fully saturated rings. The third kappa shape index (κ3) is 4.97. The summed E-state index contributed by atoms with van der Waals surface area (Å²) in [7, 11) is 1.96. The van der Waals surface area contributed by atoms with Crippen LogP contribution in [0.1, 0.15) is 51.3 Å². The number of pyridine rings is 1. The quantitative estimate of drug-likeness (QED) is 0.875. The number of aryl methyl sites for hydroxylation is 1. The first kappa shape index (κ1) is 16.2. The molecule has 2 heterocycles. The van der Waals surface area contributed by atoms with E-state index in [0.29, 0.717) is 0 Å². The number of nitrogens with zero attached hydrogens (tertiary/aromatic N) is 1. The average Bonchev–Trinajstić information content (AvgIpc) is 2.37. The van der Waals surface area contributed by atoms with E-state index >= 15 is 0 Å². The van der Waals surface area contributed by atoms with Crippen molar-refractivity contribution < 1.29 is 9.47 Å². The fraction of sp³-hybridized carbons (Fsp3) is 0.706. The minimum atomic E-state index is 0.204. The van der Waals surface area contributed by atoms with Crippen molar-refractivity contribution in [1.29, 1.82) is 0 Å². The minimum Gasteiger partial charge on any atom is -0.474 e. The first-order valence-corrected chi connectivity index (χ1v) is 8.07. The zero-order valence-corrected chi connectivity index (χ0v) is 13.7. The predicted octanol–water partition coefficient (Wildman–Crippen LogP) is 3.09. The summed E-state index contributed by atoms with van der Waals surface area (Å²) in [5.74, 6) is 0.762. The lowest BCUT2D eigenvalue weighted by Gasteiger charge is -2.32. The van der Waals surface area contributed by atoms with Crippen LogP contribution >= 0.6 is 0 Å². The molecule has 1 saturated heterocycles. The second-order valence-electron chi connectivity index (χ2n) is 6.05. The van der Waals surface area contributed by atoms with Gasteiger partial charge in [-0.05, 0) is 38.9 Å². The van der Waals surface area contributed by atoms with E-state index in [2.05, 4.69) is 43.2 Å². The van der Waals surface area contributed by atoms with E-state index in [1.165, 1.54) is 5.56 Å². The molecule has 0 radical (unpaired) electrons.